The first-order chi connectivity index (χ1) is 11.2. The molecule has 0 aliphatic carbocycles. The Morgan fingerprint density at radius 1 is 1.48 bits per heavy atom. The Hall–Kier alpha value is -2.14. The van der Waals surface area contributed by atoms with Crippen molar-refractivity contribution in [2.45, 2.75) is 39.2 Å². The van der Waals surface area contributed by atoms with Gasteiger partial charge in [0.2, 0.25) is 0 Å². The second-order valence-corrected chi connectivity index (χ2v) is 5.95. The van der Waals surface area contributed by atoms with Gasteiger partial charge in [0.1, 0.15) is 0 Å². The minimum absolute atomic E-state index is 0.0729. The Kier molecular flexibility index (Phi) is 4.76. The number of aromatic nitrogens is 2. The number of nitrogens with one attached hydrogen (secondary N) is 1. The van der Waals surface area contributed by atoms with Crippen LogP contribution in [0.3, 0.4) is 0 Å². The minimum Gasteiger partial charge on any atom is -0.376 e. The number of aryl methyl sites for hydroxylation is 1. The first-order valence-corrected chi connectivity index (χ1v) is 8.22. The molecule has 1 aromatic heterocycles. The monoisotopic (exact) mass is 313 g/mol. The molecule has 2 heterocycles. The highest BCUT2D eigenvalue weighted by Crippen LogP contribution is 2.17. The normalized spacial score (nSPS) is 17.4. The summed E-state index contributed by atoms with van der Waals surface area (Å²) in [5, 5.41) is 7.40. The summed E-state index contributed by atoms with van der Waals surface area (Å²) in [6, 6.07) is 8.13. The van der Waals surface area contributed by atoms with E-state index >= 15 is 0 Å². The van der Waals surface area contributed by atoms with Crippen molar-refractivity contribution in [3.8, 4) is 5.69 Å². The standard InChI is InChI=1S/C18H23N3O2/c1-3-17-16(18(22)19-11-15-8-5-9-23-15)12-20-21(17)14-7-4-6-13(2)10-14/h4,6-7,10,12,15H,3,5,8-9,11H2,1-2H3,(H,19,22). The molecule has 122 valence electrons. The molecule has 1 atom stereocenters. The van der Waals surface area contributed by atoms with Gasteiger partial charge in [-0.3, -0.25) is 4.79 Å². The average molecular weight is 313 g/mol. The van der Waals surface area contributed by atoms with Crippen LogP contribution in [0.15, 0.2) is 30.5 Å². The number of amides is 1. The summed E-state index contributed by atoms with van der Waals surface area (Å²) in [7, 11) is 0. The fourth-order valence-corrected chi connectivity index (χ4v) is 2.99. The number of nitrogens with zero attached hydrogens (tertiary/aromatic N) is 2. The van der Waals surface area contributed by atoms with Crippen molar-refractivity contribution in [3.05, 3.63) is 47.3 Å². The quantitative estimate of drug-likeness (QED) is 0.923. The zero-order valence-electron chi connectivity index (χ0n) is 13.7. The molecule has 0 radical (unpaired) electrons. The van der Waals surface area contributed by atoms with Crippen LogP contribution < -0.4 is 5.32 Å². The van der Waals surface area contributed by atoms with E-state index in [-0.39, 0.29) is 12.0 Å². The minimum atomic E-state index is -0.0729. The molecule has 2 aromatic rings. The first kappa shape index (κ1) is 15.7. The first-order valence-electron chi connectivity index (χ1n) is 8.22. The largest absolute Gasteiger partial charge is 0.376 e. The van der Waals surface area contributed by atoms with E-state index in [0.717, 1.165) is 37.3 Å². The zero-order valence-corrected chi connectivity index (χ0v) is 13.7. The van der Waals surface area contributed by atoms with Crippen LogP contribution >= 0.6 is 0 Å². The SMILES string of the molecule is CCc1c(C(=O)NCC2CCCO2)cnn1-c1cccc(C)c1. The molecule has 0 bridgehead atoms. The molecule has 1 amide bonds. The second-order valence-electron chi connectivity index (χ2n) is 5.95. The van der Waals surface area contributed by atoms with Gasteiger partial charge >= 0.3 is 0 Å². The molecule has 1 fully saturated rings. The molecule has 0 spiro atoms. The third-order valence-electron chi connectivity index (χ3n) is 4.21. The smallest absolute Gasteiger partial charge is 0.254 e. The van der Waals surface area contributed by atoms with Crippen LogP contribution in [-0.4, -0.2) is 34.9 Å². The maximum atomic E-state index is 12.5. The van der Waals surface area contributed by atoms with Crippen molar-refractivity contribution in [1.82, 2.24) is 15.1 Å². The van der Waals surface area contributed by atoms with Crippen molar-refractivity contribution >= 4 is 5.91 Å². The van der Waals surface area contributed by atoms with Gasteiger partial charge in [-0.1, -0.05) is 19.1 Å². The highest BCUT2D eigenvalue weighted by Gasteiger charge is 2.20. The van der Waals surface area contributed by atoms with Crippen molar-refractivity contribution in [2.24, 2.45) is 0 Å². The summed E-state index contributed by atoms with van der Waals surface area (Å²) in [5.74, 6) is -0.0729. The lowest BCUT2D eigenvalue weighted by atomic mass is 10.1. The molecule has 1 aromatic carbocycles. The Balaban J connectivity index is 1.78. The summed E-state index contributed by atoms with van der Waals surface area (Å²) in [6.45, 7) is 5.46. The van der Waals surface area contributed by atoms with Crippen LogP contribution in [0, 0.1) is 6.92 Å². The van der Waals surface area contributed by atoms with E-state index in [2.05, 4.69) is 16.5 Å². The number of carbonyl (C=O) groups is 1. The van der Waals surface area contributed by atoms with Gasteiger partial charge in [0.15, 0.2) is 0 Å². The molecule has 0 saturated carbocycles. The molecule has 1 N–H and O–H groups in total. The lowest BCUT2D eigenvalue weighted by molar-refractivity contribution is 0.0857. The van der Waals surface area contributed by atoms with Gasteiger partial charge in [-0.15, -0.1) is 0 Å². The molecule has 1 aliphatic heterocycles. The zero-order chi connectivity index (χ0) is 16.2. The van der Waals surface area contributed by atoms with Crippen molar-refractivity contribution in [2.75, 3.05) is 13.2 Å². The molecule has 1 saturated heterocycles. The maximum Gasteiger partial charge on any atom is 0.254 e. The molecular weight excluding hydrogens is 290 g/mol. The van der Waals surface area contributed by atoms with Gasteiger partial charge in [0.05, 0.1) is 29.2 Å². The number of carbonyl (C=O) groups excluding carboxylic acids is 1. The predicted molar refractivity (Wildman–Crippen MR) is 89.0 cm³/mol. The summed E-state index contributed by atoms with van der Waals surface area (Å²) >= 11 is 0. The summed E-state index contributed by atoms with van der Waals surface area (Å²) in [5.41, 5.74) is 3.73. The van der Waals surface area contributed by atoms with E-state index in [9.17, 15) is 4.79 Å². The molecule has 1 unspecified atom stereocenters. The van der Waals surface area contributed by atoms with Crippen molar-refractivity contribution < 1.29 is 9.53 Å². The van der Waals surface area contributed by atoms with Gasteiger partial charge in [-0.05, 0) is 43.9 Å². The number of ether oxygens (including phenoxy) is 1. The van der Waals surface area contributed by atoms with Crippen molar-refractivity contribution in [3.63, 3.8) is 0 Å². The Morgan fingerprint density at radius 3 is 3.04 bits per heavy atom. The Morgan fingerprint density at radius 2 is 2.35 bits per heavy atom. The Labute approximate surface area is 136 Å². The van der Waals surface area contributed by atoms with Crippen LogP contribution in [0.5, 0.6) is 0 Å². The fourth-order valence-electron chi connectivity index (χ4n) is 2.99. The van der Waals surface area contributed by atoms with Crippen molar-refractivity contribution in [1.29, 1.82) is 0 Å². The lowest BCUT2D eigenvalue weighted by Crippen LogP contribution is -2.32. The van der Waals surface area contributed by atoms with Gasteiger partial charge in [-0.25, -0.2) is 4.68 Å². The van der Waals surface area contributed by atoms with E-state index in [4.69, 9.17) is 4.74 Å². The van der Waals surface area contributed by atoms with E-state index in [1.165, 1.54) is 5.56 Å². The predicted octanol–water partition coefficient (Wildman–Crippen LogP) is 2.65. The van der Waals surface area contributed by atoms with Gasteiger partial charge in [0, 0.05) is 13.2 Å². The molecule has 3 rings (SSSR count). The van der Waals surface area contributed by atoms with Crippen LogP contribution in [-0.2, 0) is 11.2 Å². The van der Waals surface area contributed by atoms with Gasteiger partial charge < -0.3 is 10.1 Å². The lowest BCUT2D eigenvalue weighted by Gasteiger charge is -2.11. The van der Waals surface area contributed by atoms with Gasteiger partial charge in [0.25, 0.3) is 5.91 Å². The number of hydrogen-bond donors (Lipinski definition) is 1. The van der Waals surface area contributed by atoms with E-state index in [1.807, 2.05) is 36.7 Å². The van der Waals surface area contributed by atoms with E-state index < -0.39 is 0 Å². The second kappa shape index (κ2) is 6.96. The molecule has 23 heavy (non-hydrogen) atoms. The molecule has 5 nitrogen and oxygen atoms in total. The number of rotatable bonds is 5. The van der Waals surface area contributed by atoms with Crippen LogP contribution in [0.1, 0.15) is 41.4 Å². The fraction of sp³-hybridized carbons (Fsp3) is 0.444. The third kappa shape index (κ3) is 3.45. The summed E-state index contributed by atoms with van der Waals surface area (Å²) < 4.78 is 7.40. The summed E-state index contributed by atoms with van der Waals surface area (Å²) in [6.07, 6.45) is 4.65. The van der Waals surface area contributed by atoms with Crippen LogP contribution in [0.4, 0.5) is 0 Å². The summed E-state index contributed by atoms with van der Waals surface area (Å²) in [4.78, 5) is 12.5. The Bertz CT molecular complexity index is 687. The van der Waals surface area contributed by atoms with E-state index in [1.54, 1.807) is 6.20 Å². The van der Waals surface area contributed by atoms with E-state index in [0.29, 0.717) is 12.1 Å². The van der Waals surface area contributed by atoms with Crippen LogP contribution in [0.2, 0.25) is 0 Å². The topological polar surface area (TPSA) is 56.1 Å². The number of benzene rings is 1. The highest BCUT2D eigenvalue weighted by atomic mass is 16.5. The molecule has 5 heteroatoms. The molecule has 1 aliphatic rings. The molecular formula is C18H23N3O2. The third-order valence-corrected chi connectivity index (χ3v) is 4.21. The van der Waals surface area contributed by atoms with Gasteiger partial charge in [-0.2, -0.15) is 5.10 Å². The maximum absolute atomic E-state index is 12.5. The highest BCUT2D eigenvalue weighted by molar-refractivity contribution is 5.95. The van der Waals surface area contributed by atoms with Crippen LogP contribution in [0.25, 0.3) is 5.69 Å². The number of hydrogen-bond acceptors (Lipinski definition) is 3. The average Bonchev–Trinajstić information content (AvgIpc) is 3.21.